The maximum Gasteiger partial charge on any atom is 0.407 e. The molecule has 1 amide bonds. The van der Waals surface area contributed by atoms with Gasteiger partial charge in [0.05, 0.1) is 4.90 Å². The van der Waals surface area contributed by atoms with Crippen molar-refractivity contribution in [2.24, 2.45) is 5.92 Å². The lowest BCUT2D eigenvalue weighted by Gasteiger charge is -2.21. The van der Waals surface area contributed by atoms with E-state index < -0.39 is 21.7 Å². The Morgan fingerprint density at radius 2 is 1.81 bits per heavy atom. The molecule has 168 valence electrons. The van der Waals surface area contributed by atoms with Gasteiger partial charge in [0.2, 0.25) is 10.0 Å². The van der Waals surface area contributed by atoms with Crippen molar-refractivity contribution in [2.45, 2.75) is 44.6 Å². The number of nitrogens with zero attached hydrogens (tertiary/aromatic N) is 1. The monoisotopic (exact) mass is 464 g/mol. The summed E-state index contributed by atoms with van der Waals surface area (Å²) in [5.74, 6) is 0.0518. The number of rotatable bonds is 5. The van der Waals surface area contributed by atoms with Crippen LogP contribution in [0.4, 0.5) is 4.79 Å². The number of alkyl carbamates (subject to hydrolysis) is 1. The number of amides is 1. The largest absolute Gasteiger partial charge is 0.444 e. The summed E-state index contributed by atoms with van der Waals surface area (Å²) in [7, 11) is -3.61. The summed E-state index contributed by atoms with van der Waals surface area (Å²) >= 11 is 5.95. The van der Waals surface area contributed by atoms with Crippen LogP contribution >= 0.6 is 11.6 Å². The molecule has 0 spiro atoms. The van der Waals surface area contributed by atoms with Crippen LogP contribution in [0.15, 0.2) is 47.4 Å². The van der Waals surface area contributed by atoms with E-state index >= 15 is 0 Å². The number of carbonyl (C=O) groups is 1. The molecule has 31 heavy (non-hydrogen) atoms. The molecule has 0 bridgehead atoms. The number of benzene rings is 2. The van der Waals surface area contributed by atoms with Crippen LogP contribution in [-0.4, -0.2) is 44.1 Å². The van der Waals surface area contributed by atoms with Gasteiger partial charge < -0.3 is 10.1 Å². The molecule has 0 aromatic heterocycles. The maximum atomic E-state index is 13.2. The number of ether oxygens (including phenoxy) is 1. The van der Waals surface area contributed by atoms with Crippen molar-refractivity contribution in [3.8, 4) is 11.1 Å². The molecule has 1 fully saturated rings. The maximum absolute atomic E-state index is 13.2. The Balaban J connectivity index is 1.66. The normalized spacial score (nSPS) is 17.5. The lowest BCUT2D eigenvalue weighted by Crippen LogP contribution is -2.36. The van der Waals surface area contributed by atoms with Crippen LogP contribution < -0.4 is 5.32 Å². The molecule has 2 aromatic carbocycles. The summed E-state index contributed by atoms with van der Waals surface area (Å²) in [6.07, 6.45) is 0.208. The smallest absolute Gasteiger partial charge is 0.407 e. The van der Waals surface area contributed by atoms with Gasteiger partial charge in [-0.3, -0.25) is 0 Å². The highest BCUT2D eigenvalue weighted by molar-refractivity contribution is 7.89. The van der Waals surface area contributed by atoms with E-state index in [1.165, 1.54) is 4.31 Å². The molecular formula is C23H29ClN2O4S. The first-order valence-corrected chi connectivity index (χ1v) is 12.1. The Morgan fingerprint density at radius 1 is 1.16 bits per heavy atom. The molecule has 8 heteroatoms. The van der Waals surface area contributed by atoms with Gasteiger partial charge in [-0.15, -0.1) is 0 Å². The fourth-order valence-corrected chi connectivity index (χ4v) is 5.49. The topological polar surface area (TPSA) is 75.7 Å². The molecule has 0 unspecified atom stereocenters. The van der Waals surface area contributed by atoms with Crippen LogP contribution in [0.5, 0.6) is 0 Å². The average molecular weight is 465 g/mol. The third kappa shape index (κ3) is 5.99. The predicted molar refractivity (Wildman–Crippen MR) is 123 cm³/mol. The number of hydrogen-bond donors (Lipinski definition) is 1. The summed E-state index contributed by atoms with van der Waals surface area (Å²) in [6.45, 7) is 8.40. The Kier molecular flexibility index (Phi) is 6.98. The zero-order valence-electron chi connectivity index (χ0n) is 18.3. The molecule has 1 heterocycles. The molecule has 1 atom stereocenters. The van der Waals surface area contributed by atoms with E-state index in [9.17, 15) is 13.2 Å². The molecule has 1 aliphatic heterocycles. The molecule has 0 aliphatic carbocycles. The molecule has 0 radical (unpaired) electrons. The fraction of sp³-hybridized carbons (Fsp3) is 0.435. The highest BCUT2D eigenvalue weighted by atomic mass is 35.5. The van der Waals surface area contributed by atoms with Crippen molar-refractivity contribution in [3.05, 3.63) is 53.1 Å². The van der Waals surface area contributed by atoms with Crippen LogP contribution in [0, 0.1) is 12.8 Å². The number of hydrogen-bond acceptors (Lipinski definition) is 4. The van der Waals surface area contributed by atoms with E-state index in [1.54, 1.807) is 26.8 Å². The Hall–Kier alpha value is -2.09. The summed E-state index contributed by atoms with van der Waals surface area (Å²) < 4.78 is 33.2. The van der Waals surface area contributed by atoms with Crippen LogP contribution in [0.25, 0.3) is 11.1 Å². The van der Waals surface area contributed by atoms with Crippen LogP contribution in [0.1, 0.15) is 32.8 Å². The minimum atomic E-state index is -3.61. The van der Waals surface area contributed by atoms with Gasteiger partial charge in [-0.25, -0.2) is 13.2 Å². The van der Waals surface area contributed by atoms with Gasteiger partial charge in [-0.1, -0.05) is 35.9 Å². The van der Waals surface area contributed by atoms with Crippen LogP contribution in [0.2, 0.25) is 5.02 Å². The second kappa shape index (κ2) is 9.18. The number of nitrogens with one attached hydrogen (secondary N) is 1. The molecule has 2 aromatic rings. The molecule has 1 aliphatic rings. The fourth-order valence-electron chi connectivity index (χ4n) is 3.62. The summed E-state index contributed by atoms with van der Waals surface area (Å²) in [6, 6.07) is 12.8. The van der Waals surface area contributed by atoms with Gasteiger partial charge in [-0.05, 0) is 74.9 Å². The van der Waals surface area contributed by atoms with Gasteiger partial charge in [0, 0.05) is 24.7 Å². The lowest BCUT2D eigenvalue weighted by molar-refractivity contribution is 0.0520. The van der Waals surface area contributed by atoms with Crippen LogP contribution in [-0.2, 0) is 14.8 Å². The van der Waals surface area contributed by atoms with Gasteiger partial charge in [0.15, 0.2) is 0 Å². The predicted octanol–water partition coefficient (Wildman–Crippen LogP) is 4.85. The standard InChI is InChI=1S/C23H29ClN2O4S/c1-16-13-19(18-5-8-20(24)9-6-18)7-10-21(16)31(28,29)26-12-11-17(15-26)14-25-22(27)30-23(2,3)4/h5-10,13,17H,11-12,14-15H2,1-4H3,(H,25,27)/t17-/m1/s1. The van der Waals surface area contributed by atoms with E-state index in [-0.39, 0.29) is 5.92 Å². The van der Waals surface area contributed by atoms with E-state index in [0.717, 1.165) is 11.1 Å². The van der Waals surface area contributed by atoms with Crippen molar-refractivity contribution in [1.29, 1.82) is 0 Å². The first-order chi connectivity index (χ1) is 14.5. The van der Waals surface area contributed by atoms with E-state index in [4.69, 9.17) is 16.3 Å². The first-order valence-electron chi connectivity index (χ1n) is 10.3. The van der Waals surface area contributed by atoms with Gasteiger partial charge >= 0.3 is 6.09 Å². The van der Waals surface area contributed by atoms with Crippen molar-refractivity contribution >= 4 is 27.7 Å². The van der Waals surface area contributed by atoms with Gasteiger partial charge in [-0.2, -0.15) is 4.31 Å². The second-order valence-electron chi connectivity index (χ2n) is 8.89. The van der Waals surface area contributed by atoms with Gasteiger partial charge in [0.1, 0.15) is 5.60 Å². The first kappa shape index (κ1) is 23.6. The molecule has 3 rings (SSSR count). The zero-order valence-corrected chi connectivity index (χ0v) is 19.9. The van der Waals surface area contributed by atoms with E-state index in [2.05, 4.69) is 5.32 Å². The molecular weight excluding hydrogens is 436 g/mol. The van der Waals surface area contributed by atoms with Crippen LogP contribution in [0.3, 0.4) is 0 Å². The average Bonchev–Trinajstić information content (AvgIpc) is 3.15. The zero-order chi connectivity index (χ0) is 22.8. The highest BCUT2D eigenvalue weighted by Gasteiger charge is 2.33. The molecule has 1 saturated heterocycles. The van der Waals surface area contributed by atoms with Gasteiger partial charge in [0.25, 0.3) is 0 Å². The summed E-state index contributed by atoms with van der Waals surface area (Å²) in [5, 5.41) is 3.40. The number of sulfonamides is 1. The third-order valence-electron chi connectivity index (χ3n) is 5.15. The minimum Gasteiger partial charge on any atom is -0.444 e. The quantitative estimate of drug-likeness (QED) is 0.686. The Labute approximate surface area is 189 Å². The summed E-state index contributed by atoms with van der Waals surface area (Å²) in [5.41, 5.74) is 2.05. The second-order valence-corrected chi connectivity index (χ2v) is 11.2. The lowest BCUT2D eigenvalue weighted by atomic mass is 10.0. The molecule has 0 saturated carbocycles. The summed E-state index contributed by atoms with van der Waals surface area (Å²) in [4.78, 5) is 12.2. The molecule has 6 nitrogen and oxygen atoms in total. The Bertz CT molecular complexity index is 1050. The van der Waals surface area contributed by atoms with Crippen molar-refractivity contribution in [3.63, 3.8) is 0 Å². The SMILES string of the molecule is Cc1cc(-c2ccc(Cl)cc2)ccc1S(=O)(=O)N1CC[C@H](CNC(=O)OC(C)(C)C)C1. The molecule has 1 N–H and O–H groups in total. The Morgan fingerprint density at radius 3 is 2.42 bits per heavy atom. The van der Waals surface area contributed by atoms with Crippen molar-refractivity contribution in [1.82, 2.24) is 9.62 Å². The number of halogens is 1. The number of carbonyl (C=O) groups excluding carboxylic acids is 1. The van der Waals surface area contributed by atoms with E-state index in [1.807, 2.05) is 43.3 Å². The minimum absolute atomic E-state index is 0.0518. The third-order valence-corrected chi connectivity index (χ3v) is 7.43. The van der Waals surface area contributed by atoms with Crippen molar-refractivity contribution in [2.75, 3.05) is 19.6 Å². The highest BCUT2D eigenvalue weighted by Crippen LogP contribution is 2.30. The number of aryl methyl sites for hydroxylation is 1. The van der Waals surface area contributed by atoms with Crippen molar-refractivity contribution < 1.29 is 17.9 Å². The van der Waals surface area contributed by atoms with E-state index in [0.29, 0.717) is 41.5 Å².